The minimum Gasteiger partial charge on any atom is -0.312 e. The van der Waals surface area contributed by atoms with Crippen LogP contribution < -0.4 is 5.32 Å². The lowest BCUT2D eigenvalue weighted by atomic mass is 10.2. The Morgan fingerprint density at radius 3 is 3.00 bits per heavy atom. The van der Waals surface area contributed by atoms with Crippen LogP contribution in [0.2, 0.25) is 0 Å². The Morgan fingerprint density at radius 1 is 1.58 bits per heavy atom. The molecule has 0 radical (unpaired) electrons. The average molecular weight is 367 g/mol. The van der Waals surface area contributed by atoms with E-state index in [9.17, 15) is 8.42 Å². The number of nitrogens with one attached hydrogen (secondary N) is 1. The maximum atomic E-state index is 11.5. The van der Waals surface area contributed by atoms with Gasteiger partial charge in [-0.25, -0.2) is 8.42 Å². The van der Waals surface area contributed by atoms with E-state index in [2.05, 4.69) is 44.6 Å². The van der Waals surface area contributed by atoms with Gasteiger partial charge in [0, 0.05) is 19.1 Å². The zero-order valence-electron chi connectivity index (χ0n) is 10.9. The molecular weight excluding hydrogens is 348 g/mol. The highest BCUT2D eigenvalue weighted by Gasteiger charge is 2.23. The van der Waals surface area contributed by atoms with Crippen LogP contribution in [0.15, 0.2) is 15.2 Å². The van der Waals surface area contributed by atoms with Crippen molar-refractivity contribution in [2.45, 2.75) is 19.0 Å². The molecule has 7 heteroatoms. The highest BCUT2D eigenvalue weighted by molar-refractivity contribution is 9.11. The quantitative estimate of drug-likeness (QED) is 0.861. The van der Waals surface area contributed by atoms with E-state index in [0.29, 0.717) is 6.54 Å². The molecule has 0 aliphatic carbocycles. The van der Waals surface area contributed by atoms with Gasteiger partial charge in [-0.15, -0.1) is 11.3 Å². The van der Waals surface area contributed by atoms with Gasteiger partial charge in [0.25, 0.3) is 0 Å². The van der Waals surface area contributed by atoms with Gasteiger partial charge in [-0.05, 0) is 53.0 Å². The third-order valence-corrected chi connectivity index (χ3v) is 6.52. The predicted octanol–water partition coefficient (Wildman–Crippen LogP) is 1.72. The summed E-state index contributed by atoms with van der Waals surface area (Å²) in [5.41, 5.74) is 1.29. The van der Waals surface area contributed by atoms with Crippen molar-refractivity contribution in [2.75, 3.05) is 31.6 Å². The van der Waals surface area contributed by atoms with Crippen molar-refractivity contribution in [1.82, 2.24) is 10.2 Å². The highest BCUT2D eigenvalue weighted by atomic mass is 79.9. The van der Waals surface area contributed by atoms with Gasteiger partial charge >= 0.3 is 0 Å². The smallest absolute Gasteiger partial charge is 0.153 e. The molecule has 1 aliphatic rings. The highest BCUT2D eigenvalue weighted by Crippen LogP contribution is 2.21. The van der Waals surface area contributed by atoms with E-state index in [4.69, 9.17) is 0 Å². The van der Waals surface area contributed by atoms with Crippen molar-refractivity contribution in [3.8, 4) is 0 Å². The van der Waals surface area contributed by atoms with E-state index in [-0.39, 0.29) is 17.5 Å². The van der Waals surface area contributed by atoms with Crippen LogP contribution in [0.4, 0.5) is 0 Å². The van der Waals surface area contributed by atoms with Crippen LogP contribution in [-0.4, -0.2) is 51.0 Å². The largest absolute Gasteiger partial charge is 0.312 e. The number of halogens is 1. The lowest BCUT2D eigenvalue weighted by Crippen LogP contribution is -2.46. The van der Waals surface area contributed by atoms with Crippen molar-refractivity contribution in [1.29, 1.82) is 0 Å². The summed E-state index contributed by atoms with van der Waals surface area (Å²) in [6.07, 6.45) is 0.876. The molecule has 0 amide bonds. The van der Waals surface area contributed by atoms with E-state index in [1.165, 1.54) is 5.56 Å². The summed E-state index contributed by atoms with van der Waals surface area (Å²) >= 11 is 5.15. The Morgan fingerprint density at radius 2 is 2.37 bits per heavy atom. The molecule has 1 atom stereocenters. The standard InChI is InChI=1S/C12H19BrN2O2S2/c1-15(7-10-6-12(13)18-8-10)4-2-11-9-19(16,17)5-3-14-11/h6,8,11,14H,2-5,7,9H2,1H3. The first-order valence-electron chi connectivity index (χ1n) is 6.30. The molecule has 1 aromatic rings. The number of thiophene rings is 1. The molecular formula is C12H19BrN2O2S2. The summed E-state index contributed by atoms with van der Waals surface area (Å²) < 4.78 is 24.2. The Balaban J connectivity index is 1.75. The van der Waals surface area contributed by atoms with Gasteiger partial charge in [0.15, 0.2) is 9.84 Å². The fourth-order valence-electron chi connectivity index (χ4n) is 2.25. The maximum absolute atomic E-state index is 11.5. The Bertz CT molecular complexity index is 516. The zero-order valence-corrected chi connectivity index (χ0v) is 14.2. The number of rotatable bonds is 5. The van der Waals surface area contributed by atoms with Crippen LogP contribution in [0.1, 0.15) is 12.0 Å². The fraction of sp³-hybridized carbons (Fsp3) is 0.667. The molecule has 0 aromatic carbocycles. The molecule has 1 saturated heterocycles. The van der Waals surface area contributed by atoms with Crippen molar-refractivity contribution in [3.05, 3.63) is 20.8 Å². The van der Waals surface area contributed by atoms with Gasteiger partial charge in [0.05, 0.1) is 15.3 Å². The minimum atomic E-state index is -2.82. The van der Waals surface area contributed by atoms with Crippen LogP contribution in [0.3, 0.4) is 0 Å². The van der Waals surface area contributed by atoms with Gasteiger partial charge in [-0.1, -0.05) is 0 Å². The van der Waals surface area contributed by atoms with E-state index >= 15 is 0 Å². The predicted molar refractivity (Wildman–Crippen MR) is 83.4 cm³/mol. The summed E-state index contributed by atoms with van der Waals surface area (Å²) in [5.74, 6) is 0.563. The van der Waals surface area contributed by atoms with Crippen molar-refractivity contribution in [3.63, 3.8) is 0 Å². The van der Waals surface area contributed by atoms with Crippen LogP contribution in [0.5, 0.6) is 0 Å². The third-order valence-electron chi connectivity index (χ3n) is 3.23. The second-order valence-electron chi connectivity index (χ2n) is 5.05. The van der Waals surface area contributed by atoms with Gasteiger partial charge in [-0.3, -0.25) is 0 Å². The number of sulfone groups is 1. The molecule has 1 aromatic heterocycles. The third kappa shape index (κ3) is 5.15. The second kappa shape index (κ2) is 6.67. The first kappa shape index (κ1) is 15.4. The molecule has 108 valence electrons. The molecule has 0 spiro atoms. The summed E-state index contributed by atoms with van der Waals surface area (Å²) in [5, 5.41) is 5.43. The molecule has 1 N–H and O–H groups in total. The zero-order chi connectivity index (χ0) is 13.9. The summed E-state index contributed by atoms with van der Waals surface area (Å²) in [6.45, 7) is 2.40. The lowest BCUT2D eigenvalue weighted by molar-refractivity contribution is 0.304. The van der Waals surface area contributed by atoms with Crippen LogP contribution in [0.25, 0.3) is 0 Å². The Kier molecular flexibility index (Phi) is 5.42. The van der Waals surface area contributed by atoms with Gasteiger partial charge in [0.1, 0.15) is 0 Å². The Hall–Kier alpha value is 0.0500. The lowest BCUT2D eigenvalue weighted by Gasteiger charge is -2.25. The molecule has 1 aliphatic heterocycles. The number of hydrogen-bond acceptors (Lipinski definition) is 5. The van der Waals surface area contributed by atoms with Crippen LogP contribution in [0, 0.1) is 0 Å². The average Bonchev–Trinajstić information content (AvgIpc) is 2.71. The minimum absolute atomic E-state index is 0.107. The summed E-state index contributed by atoms with van der Waals surface area (Å²) in [7, 11) is -0.749. The van der Waals surface area contributed by atoms with Gasteiger partial charge in [0.2, 0.25) is 0 Å². The molecule has 0 bridgehead atoms. The first-order valence-corrected chi connectivity index (χ1v) is 9.79. The molecule has 1 fully saturated rings. The van der Waals surface area contributed by atoms with Crippen LogP contribution >= 0.6 is 27.3 Å². The molecule has 1 unspecified atom stereocenters. The fourth-order valence-corrected chi connectivity index (χ4v) is 4.94. The summed E-state index contributed by atoms with van der Waals surface area (Å²) in [6, 6.07) is 2.24. The monoisotopic (exact) mass is 366 g/mol. The SMILES string of the molecule is CN(CCC1CS(=O)(=O)CCN1)Cc1csc(Br)c1. The van der Waals surface area contributed by atoms with Crippen molar-refractivity contribution < 1.29 is 8.42 Å². The van der Waals surface area contributed by atoms with E-state index in [1.807, 2.05) is 0 Å². The summed E-state index contributed by atoms with van der Waals surface area (Å²) in [4.78, 5) is 2.23. The number of hydrogen-bond donors (Lipinski definition) is 1. The molecule has 19 heavy (non-hydrogen) atoms. The van der Waals surface area contributed by atoms with Crippen LogP contribution in [-0.2, 0) is 16.4 Å². The van der Waals surface area contributed by atoms with Gasteiger partial charge < -0.3 is 10.2 Å². The van der Waals surface area contributed by atoms with Crippen molar-refractivity contribution >= 4 is 37.1 Å². The molecule has 2 heterocycles. The normalized spacial score (nSPS) is 22.8. The second-order valence-corrected chi connectivity index (χ2v) is 9.57. The molecule has 0 saturated carbocycles. The van der Waals surface area contributed by atoms with E-state index in [1.54, 1.807) is 11.3 Å². The first-order chi connectivity index (χ1) is 8.94. The topological polar surface area (TPSA) is 49.4 Å². The van der Waals surface area contributed by atoms with Gasteiger partial charge in [-0.2, -0.15) is 0 Å². The number of nitrogens with zero attached hydrogens (tertiary/aromatic N) is 1. The van der Waals surface area contributed by atoms with E-state index in [0.717, 1.165) is 23.3 Å². The van der Waals surface area contributed by atoms with E-state index < -0.39 is 9.84 Å². The maximum Gasteiger partial charge on any atom is 0.153 e. The molecule has 2 rings (SSSR count). The molecule has 4 nitrogen and oxygen atoms in total. The van der Waals surface area contributed by atoms with Crippen molar-refractivity contribution in [2.24, 2.45) is 0 Å². The Labute approximate surface area is 127 Å².